The van der Waals surface area contributed by atoms with Gasteiger partial charge in [-0.2, -0.15) is 0 Å². The Labute approximate surface area is 121 Å². The third-order valence-electron chi connectivity index (χ3n) is 4.93. The number of nitrogens with one attached hydrogen (secondary N) is 1. The van der Waals surface area contributed by atoms with Crippen LogP contribution in [0.4, 0.5) is 0 Å². The Morgan fingerprint density at radius 2 is 1.95 bits per heavy atom. The van der Waals surface area contributed by atoms with Crippen molar-refractivity contribution in [3.8, 4) is 0 Å². The molecule has 2 aliphatic rings. The molecule has 4 unspecified atom stereocenters. The number of amides is 2. The summed E-state index contributed by atoms with van der Waals surface area (Å²) >= 11 is 0. The fraction of sp³-hybridized carbons (Fsp3) is 0.867. The molecule has 0 aromatic rings. The lowest BCUT2D eigenvalue weighted by Gasteiger charge is -2.58. The molecule has 1 saturated carbocycles. The SMILES string of the molecule is COC1CC(N2C(=O)C(C)NC(=O)C2C(C)C)C1(C)C. The molecule has 2 fully saturated rings. The van der Waals surface area contributed by atoms with Crippen LogP contribution in [-0.4, -0.2) is 48.1 Å². The maximum Gasteiger partial charge on any atom is 0.245 e. The number of ether oxygens (including phenoxy) is 1. The largest absolute Gasteiger partial charge is 0.381 e. The third kappa shape index (κ3) is 2.12. The Kier molecular flexibility index (Phi) is 3.84. The van der Waals surface area contributed by atoms with E-state index in [-0.39, 0.29) is 41.3 Å². The highest BCUT2D eigenvalue weighted by molar-refractivity contribution is 5.97. The van der Waals surface area contributed by atoms with Gasteiger partial charge in [0.25, 0.3) is 0 Å². The van der Waals surface area contributed by atoms with Crippen LogP contribution in [-0.2, 0) is 14.3 Å². The number of hydrogen-bond acceptors (Lipinski definition) is 3. The second kappa shape index (κ2) is 5.02. The molecule has 1 N–H and O–H groups in total. The minimum absolute atomic E-state index is 0.0240. The molecule has 5 heteroatoms. The van der Waals surface area contributed by atoms with Gasteiger partial charge in [-0.15, -0.1) is 0 Å². The van der Waals surface area contributed by atoms with E-state index in [1.807, 2.05) is 18.7 Å². The lowest BCUT2D eigenvalue weighted by molar-refractivity contribution is -0.180. The van der Waals surface area contributed by atoms with Gasteiger partial charge < -0.3 is 15.0 Å². The van der Waals surface area contributed by atoms with Crippen LogP contribution in [0.15, 0.2) is 0 Å². The number of carbonyl (C=O) groups is 2. The quantitative estimate of drug-likeness (QED) is 0.845. The van der Waals surface area contributed by atoms with Gasteiger partial charge in [0.2, 0.25) is 11.8 Å². The van der Waals surface area contributed by atoms with Gasteiger partial charge in [-0.25, -0.2) is 0 Å². The smallest absolute Gasteiger partial charge is 0.245 e. The highest BCUT2D eigenvalue weighted by atomic mass is 16.5. The summed E-state index contributed by atoms with van der Waals surface area (Å²) in [6.07, 6.45) is 0.951. The summed E-state index contributed by atoms with van der Waals surface area (Å²) in [5.41, 5.74) is -0.116. The summed E-state index contributed by atoms with van der Waals surface area (Å²) in [6, 6.07) is -0.739. The lowest BCUT2D eigenvalue weighted by atomic mass is 9.63. The number of methoxy groups -OCH3 is 1. The highest BCUT2D eigenvalue weighted by Gasteiger charge is 2.56. The first-order chi connectivity index (χ1) is 9.21. The third-order valence-corrected chi connectivity index (χ3v) is 4.93. The van der Waals surface area contributed by atoms with E-state index in [0.29, 0.717) is 0 Å². The fourth-order valence-electron chi connectivity index (χ4n) is 3.56. The molecule has 4 atom stereocenters. The number of carbonyl (C=O) groups excluding carboxylic acids is 2. The molecule has 1 aliphatic carbocycles. The van der Waals surface area contributed by atoms with Crippen LogP contribution in [0, 0.1) is 11.3 Å². The van der Waals surface area contributed by atoms with Crippen LogP contribution in [0.5, 0.6) is 0 Å². The molecule has 20 heavy (non-hydrogen) atoms. The van der Waals surface area contributed by atoms with Crippen LogP contribution in [0.25, 0.3) is 0 Å². The number of nitrogens with zero attached hydrogens (tertiary/aromatic N) is 1. The van der Waals surface area contributed by atoms with Gasteiger partial charge in [0.1, 0.15) is 12.1 Å². The molecule has 0 radical (unpaired) electrons. The minimum atomic E-state index is -0.435. The molecule has 5 nitrogen and oxygen atoms in total. The van der Waals surface area contributed by atoms with Gasteiger partial charge in [-0.05, 0) is 19.3 Å². The van der Waals surface area contributed by atoms with Crippen LogP contribution < -0.4 is 5.32 Å². The Bertz CT molecular complexity index is 419. The van der Waals surface area contributed by atoms with E-state index in [4.69, 9.17) is 4.74 Å². The van der Waals surface area contributed by atoms with E-state index in [1.54, 1.807) is 14.0 Å². The zero-order valence-electron chi connectivity index (χ0n) is 13.3. The predicted octanol–water partition coefficient (Wildman–Crippen LogP) is 1.17. The van der Waals surface area contributed by atoms with Gasteiger partial charge in [-0.3, -0.25) is 9.59 Å². The molecular formula is C15H26N2O3. The maximum absolute atomic E-state index is 12.6. The molecule has 0 aromatic heterocycles. The molecule has 114 valence electrons. The van der Waals surface area contributed by atoms with Crippen molar-refractivity contribution in [2.24, 2.45) is 11.3 Å². The first-order valence-corrected chi connectivity index (χ1v) is 7.37. The Balaban J connectivity index is 2.30. The van der Waals surface area contributed by atoms with Gasteiger partial charge in [-0.1, -0.05) is 27.7 Å². The lowest BCUT2D eigenvalue weighted by Crippen LogP contribution is -2.73. The first kappa shape index (κ1) is 15.3. The summed E-state index contributed by atoms with van der Waals surface area (Å²) in [4.78, 5) is 26.7. The van der Waals surface area contributed by atoms with Gasteiger partial charge in [0.15, 0.2) is 0 Å². The van der Waals surface area contributed by atoms with E-state index in [2.05, 4.69) is 19.2 Å². The van der Waals surface area contributed by atoms with Crippen LogP contribution in [0.1, 0.15) is 41.0 Å². The summed E-state index contributed by atoms with van der Waals surface area (Å²) in [5.74, 6) is 0.0866. The van der Waals surface area contributed by atoms with E-state index >= 15 is 0 Å². The van der Waals surface area contributed by atoms with Crippen molar-refractivity contribution in [3.63, 3.8) is 0 Å². The van der Waals surface area contributed by atoms with Gasteiger partial charge in [0, 0.05) is 18.6 Å². The summed E-state index contributed by atoms with van der Waals surface area (Å²) in [5, 5.41) is 2.78. The van der Waals surface area contributed by atoms with Gasteiger partial charge >= 0.3 is 0 Å². The van der Waals surface area contributed by atoms with Crippen LogP contribution >= 0.6 is 0 Å². The maximum atomic E-state index is 12.6. The van der Waals surface area contributed by atoms with Crippen molar-refractivity contribution in [2.75, 3.05) is 7.11 Å². The predicted molar refractivity (Wildman–Crippen MR) is 76.1 cm³/mol. The topological polar surface area (TPSA) is 58.6 Å². The van der Waals surface area contributed by atoms with Gasteiger partial charge in [0.05, 0.1) is 6.10 Å². The summed E-state index contributed by atoms with van der Waals surface area (Å²) in [7, 11) is 1.70. The number of piperazine rings is 1. The molecule has 1 aliphatic heterocycles. The normalized spacial score (nSPS) is 36.9. The van der Waals surface area contributed by atoms with Crippen molar-refractivity contribution < 1.29 is 14.3 Å². The van der Waals surface area contributed by atoms with E-state index in [1.165, 1.54) is 0 Å². The van der Waals surface area contributed by atoms with E-state index < -0.39 is 6.04 Å². The first-order valence-electron chi connectivity index (χ1n) is 7.37. The Morgan fingerprint density at radius 3 is 2.40 bits per heavy atom. The number of rotatable bonds is 3. The molecule has 2 amide bonds. The second-order valence-electron chi connectivity index (χ2n) is 6.96. The molecule has 0 bridgehead atoms. The average molecular weight is 282 g/mol. The van der Waals surface area contributed by atoms with Crippen molar-refractivity contribution in [1.82, 2.24) is 10.2 Å². The highest BCUT2D eigenvalue weighted by Crippen LogP contribution is 2.47. The summed E-state index contributed by atoms with van der Waals surface area (Å²) in [6.45, 7) is 9.94. The second-order valence-corrected chi connectivity index (χ2v) is 6.96. The van der Waals surface area contributed by atoms with E-state index in [0.717, 1.165) is 6.42 Å². The molecule has 1 saturated heterocycles. The van der Waals surface area contributed by atoms with Crippen molar-refractivity contribution in [2.45, 2.75) is 65.3 Å². The van der Waals surface area contributed by atoms with Crippen molar-refractivity contribution in [3.05, 3.63) is 0 Å². The van der Waals surface area contributed by atoms with Crippen LogP contribution in [0.2, 0.25) is 0 Å². The molecule has 0 aromatic carbocycles. The Morgan fingerprint density at radius 1 is 1.35 bits per heavy atom. The standard InChI is InChI=1S/C15H26N2O3/c1-8(2)12-13(18)16-9(3)14(19)17(12)10-7-11(20-6)15(10,4)5/h8-12H,7H2,1-6H3,(H,16,18). The zero-order valence-corrected chi connectivity index (χ0v) is 13.3. The zero-order chi connectivity index (χ0) is 15.2. The molecule has 2 rings (SSSR count). The minimum Gasteiger partial charge on any atom is -0.381 e. The van der Waals surface area contributed by atoms with Crippen LogP contribution in [0.3, 0.4) is 0 Å². The monoisotopic (exact) mass is 282 g/mol. The van der Waals surface area contributed by atoms with Crippen molar-refractivity contribution in [1.29, 1.82) is 0 Å². The molecule has 1 heterocycles. The Hall–Kier alpha value is -1.10. The summed E-state index contributed by atoms with van der Waals surface area (Å²) < 4.78 is 5.47. The number of hydrogen-bond donors (Lipinski definition) is 1. The fourth-order valence-corrected chi connectivity index (χ4v) is 3.56. The average Bonchev–Trinajstić information content (AvgIpc) is 2.33. The molecule has 0 spiro atoms. The van der Waals surface area contributed by atoms with Crippen molar-refractivity contribution >= 4 is 11.8 Å². The molecular weight excluding hydrogens is 256 g/mol. The van der Waals surface area contributed by atoms with E-state index in [9.17, 15) is 9.59 Å².